The van der Waals surface area contributed by atoms with Crippen LogP contribution in [0.4, 0.5) is 0 Å². The highest BCUT2D eigenvalue weighted by Gasteiger charge is 2.55. The molecule has 1 aromatic rings. The van der Waals surface area contributed by atoms with Crippen LogP contribution in [0.1, 0.15) is 19.4 Å². The van der Waals surface area contributed by atoms with Crippen molar-refractivity contribution in [1.29, 1.82) is 0 Å². The molecule has 0 aliphatic carbocycles. The molecule has 22 heavy (non-hydrogen) atoms. The number of fused-ring (bicyclic) bond motifs is 1. The predicted octanol–water partition coefficient (Wildman–Crippen LogP) is 1.66. The van der Waals surface area contributed by atoms with Crippen LogP contribution in [0.25, 0.3) is 0 Å². The molecule has 2 heterocycles. The van der Waals surface area contributed by atoms with Crippen LogP contribution < -0.4 is 4.74 Å². The van der Waals surface area contributed by atoms with Crippen LogP contribution in [0.2, 0.25) is 0 Å². The number of hydrogen-bond donors (Lipinski definition) is 0. The molecule has 6 nitrogen and oxygen atoms in total. The van der Waals surface area contributed by atoms with Crippen molar-refractivity contribution >= 4 is 6.29 Å². The summed E-state index contributed by atoms with van der Waals surface area (Å²) in [5.41, 5.74) is 0.980. The Balaban J connectivity index is 1.63. The van der Waals surface area contributed by atoms with E-state index >= 15 is 0 Å². The molecule has 2 aliphatic rings. The van der Waals surface area contributed by atoms with E-state index in [1.807, 2.05) is 38.1 Å². The summed E-state index contributed by atoms with van der Waals surface area (Å²) < 4.78 is 28.0. The molecule has 0 unspecified atom stereocenters. The number of benzene rings is 1. The maximum absolute atomic E-state index is 11.1. The summed E-state index contributed by atoms with van der Waals surface area (Å²) in [6, 6.07) is 7.56. The van der Waals surface area contributed by atoms with Gasteiger partial charge in [0.2, 0.25) is 0 Å². The molecule has 0 radical (unpaired) electrons. The number of methoxy groups -OCH3 is 1. The second kappa shape index (κ2) is 5.96. The van der Waals surface area contributed by atoms with Crippen molar-refractivity contribution in [2.75, 3.05) is 7.11 Å². The van der Waals surface area contributed by atoms with Crippen molar-refractivity contribution in [3.8, 4) is 5.75 Å². The van der Waals surface area contributed by atoms with Gasteiger partial charge in [-0.1, -0.05) is 12.1 Å². The highest BCUT2D eigenvalue weighted by atomic mass is 16.8. The van der Waals surface area contributed by atoms with Crippen LogP contribution >= 0.6 is 0 Å². The number of aldehydes is 1. The van der Waals surface area contributed by atoms with E-state index in [4.69, 9.17) is 23.7 Å². The van der Waals surface area contributed by atoms with E-state index in [1.165, 1.54) is 0 Å². The van der Waals surface area contributed by atoms with Gasteiger partial charge < -0.3 is 28.5 Å². The van der Waals surface area contributed by atoms with Crippen LogP contribution in [0, 0.1) is 0 Å². The van der Waals surface area contributed by atoms with E-state index in [0.717, 1.165) is 17.6 Å². The van der Waals surface area contributed by atoms with E-state index in [2.05, 4.69) is 0 Å². The molecule has 2 saturated heterocycles. The summed E-state index contributed by atoms with van der Waals surface area (Å²) in [5, 5.41) is 0. The van der Waals surface area contributed by atoms with Gasteiger partial charge in [0.15, 0.2) is 18.4 Å². The minimum Gasteiger partial charge on any atom is -0.497 e. The highest BCUT2D eigenvalue weighted by molar-refractivity contribution is 5.58. The molecule has 1 aromatic carbocycles. The fourth-order valence-corrected chi connectivity index (χ4v) is 2.74. The monoisotopic (exact) mass is 308 g/mol. The lowest BCUT2D eigenvalue weighted by molar-refractivity contribution is -0.232. The molecule has 2 fully saturated rings. The highest BCUT2D eigenvalue weighted by Crippen LogP contribution is 2.38. The maximum Gasteiger partial charge on any atom is 0.187 e. The van der Waals surface area contributed by atoms with Gasteiger partial charge in [-0.2, -0.15) is 0 Å². The predicted molar refractivity (Wildman–Crippen MR) is 76.3 cm³/mol. The first-order chi connectivity index (χ1) is 10.5. The molecule has 2 aliphatic heterocycles. The fraction of sp³-hybridized carbons (Fsp3) is 0.562. The second-order valence-corrected chi connectivity index (χ2v) is 5.83. The van der Waals surface area contributed by atoms with E-state index in [0.29, 0.717) is 6.61 Å². The molecule has 4 atom stereocenters. The van der Waals surface area contributed by atoms with Gasteiger partial charge in [-0.3, -0.25) is 0 Å². The molecule has 6 heteroatoms. The number of ether oxygens (including phenoxy) is 5. The van der Waals surface area contributed by atoms with E-state index < -0.39 is 30.4 Å². The van der Waals surface area contributed by atoms with Crippen molar-refractivity contribution in [3.63, 3.8) is 0 Å². The average Bonchev–Trinajstić information content (AvgIpc) is 2.99. The maximum atomic E-state index is 11.1. The first-order valence-electron chi connectivity index (χ1n) is 7.23. The van der Waals surface area contributed by atoms with Crippen molar-refractivity contribution in [2.45, 2.75) is 50.8 Å². The quantitative estimate of drug-likeness (QED) is 0.771. The molecule has 0 aromatic heterocycles. The van der Waals surface area contributed by atoms with Gasteiger partial charge in [0.1, 0.15) is 24.1 Å². The zero-order chi connectivity index (χ0) is 15.7. The van der Waals surface area contributed by atoms with Gasteiger partial charge in [-0.05, 0) is 31.5 Å². The van der Waals surface area contributed by atoms with Crippen LogP contribution in [0.15, 0.2) is 24.3 Å². The number of carbonyl (C=O) groups excluding carboxylic acids is 1. The van der Waals surface area contributed by atoms with Gasteiger partial charge >= 0.3 is 0 Å². The summed E-state index contributed by atoms with van der Waals surface area (Å²) >= 11 is 0. The van der Waals surface area contributed by atoms with E-state index in [1.54, 1.807) is 7.11 Å². The average molecular weight is 308 g/mol. The van der Waals surface area contributed by atoms with Crippen molar-refractivity contribution in [2.24, 2.45) is 0 Å². The Bertz CT molecular complexity index is 526. The van der Waals surface area contributed by atoms with Crippen LogP contribution in [-0.2, 0) is 30.3 Å². The number of carbonyl (C=O) groups is 1. The Morgan fingerprint density at radius 2 is 1.86 bits per heavy atom. The minimum absolute atomic E-state index is 0.354. The third kappa shape index (κ3) is 3.01. The van der Waals surface area contributed by atoms with Gasteiger partial charge in [0.25, 0.3) is 0 Å². The Labute approximate surface area is 129 Å². The largest absolute Gasteiger partial charge is 0.497 e. The fourth-order valence-electron chi connectivity index (χ4n) is 2.74. The molecular weight excluding hydrogens is 288 g/mol. The second-order valence-electron chi connectivity index (χ2n) is 5.83. The van der Waals surface area contributed by atoms with Gasteiger partial charge in [0.05, 0.1) is 13.7 Å². The van der Waals surface area contributed by atoms with Crippen molar-refractivity contribution in [1.82, 2.24) is 0 Å². The third-order valence-corrected chi connectivity index (χ3v) is 3.75. The minimum atomic E-state index is -0.734. The zero-order valence-electron chi connectivity index (χ0n) is 12.9. The first-order valence-corrected chi connectivity index (χ1v) is 7.23. The molecule has 120 valence electrons. The van der Waals surface area contributed by atoms with Crippen molar-refractivity contribution < 1.29 is 28.5 Å². The SMILES string of the molecule is COc1ccc(CO[C@H]2O[C@H](C=O)[C@@H]3OC(C)(C)O[C@H]23)cc1. The normalized spacial score (nSPS) is 32.7. The summed E-state index contributed by atoms with van der Waals surface area (Å²) in [6.45, 7) is 3.98. The lowest BCUT2D eigenvalue weighted by Crippen LogP contribution is -2.31. The third-order valence-electron chi connectivity index (χ3n) is 3.75. The van der Waals surface area contributed by atoms with Gasteiger partial charge in [-0.25, -0.2) is 0 Å². The molecule has 0 N–H and O–H groups in total. The first kappa shape index (κ1) is 15.4. The lowest BCUT2D eigenvalue weighted by atomic mass is 10.1. The van der Waals surface area contributed by atoms with Crippen LogP contribution in [0.3, 0.4) is 0 Å². The Hall–Kier alpha value is -1.47. The molecular formula is C16H20O6. The smallest absolute Gasteiger partial charge is 0.187 e. The van der Waals surface area contributed by atoms with Gasteiger partial charge in [0, 0.05) is 0 Å². The van der Waals surface area contributed by atoms with Crippen LogP contribution in [-0.4, -0.2) is 43.8 Å². The van der Waals surface area contributed by atoms with E-state index in [9.17, 15) is 4.79 Å². The standard InChI is InChI=1S/C16H20O6/c1-16(2)21-13-12(8-17)20-15(14(13)22-16)19-9-10-4-6-11(18-3)7-5-10/h4-8,12-15H,9H2,1-3H3/t12-,13+,14+,15+/m1/s1. The summed E-state index contributed by atoms with van der Waals surface area (Å²) in [5.74, 6) is 0.0541. The molecule has 3 rings (SSSR count). The number of rotatable bonds is 5. The summed E-state index contributed by atoms with van der Waals surface area (Å²) in [4.78, 5) is 11.1. The summed E-state index contributed by atoms with van der Waals surface area (Å²) in [6.07, 6.45) is -1.37. The van der Waals surface area contributed by atoms with Gasteiger partial charge in [-0.15, -0.1) is 0 Å². The Morgan fingerprint density at radius 3 is 2.50 bits per heavy atom. The Morgan fingerprint density at radius 1 is 1.18 bits per heavy atom. The molecule has 0 bridgehead atoms. The molecule has 0 amide bonds. The summed E-state index contributed by atoms with van der Waals surface area (Å²) in [7, 11) is 1.62. The topological polar surface area (TPSA) is 63.2 Å². The Kier molecular flexibility index (Phi) is 4.18. The lowest BCUT2D eigenvalue weighted by Gasteiger charge is -2.22. The molecule has 0 saturated carbocycles. The number of hydrogen-bond acceptors (Lipinski definition) is 6. The van der Waals surface area contributed by atoms with Crippen molar-refractivity contribution in [3.05, 3.63) is 29.8 Å². The van der Waals surface area contributed by atoms with Crippen LogP contribution in [0.5, 0.6) is 5.75 Å². The van der Waals surface area contributed by atoms with E-state index in [-0.39, 0.29) is 0 Å². The zero-order valence-corrected chi connectivity index (χ0v) is 12.9. The molecule has 0 spiro atoms.